The molecule has 1 aromatic carbocycles. The average Bonchev–Trinajstić information content (AvgIpc) is 2.87. The van der Waals surface area contributed by atoms with Crippen LogP contribution in [0.4, 0.5) is 5.82 Å². The van der Waals surface area contributed by atoms with Crippen LogP contribution in [0, 0.1) is 0 Å². The van der Waals surface area contributed by atoms with Crippen molar-refractivity contribution in [3.8, 4) is 0 Å². The Morgan fingerprint density at radius 1 is 1.35 bits per heavy atom. The Morgan fingerprint density at radius 3 is 2.87 bits per heavy atom. The number of ether oxygens (including phenoxy) is 1. The van der Waals surface area contributed by atoms with Gasteiger partial charge in [-0.05, 0) is 32.6 Å². The van der Waals surface area contributed by atoms with Gasteiger partial charge in [0.05, 0.1) is 18.2 Å². The molecule has 2 heterocycles. The van der Waals surface area contributed by atoms with Gasteiger partial charge in [-0.2, -0.15) is 0 Å². The molecule has 0 amide bonds. The quantitative estimate of drug-likeness (QED) is 0.899. The molecule has 23 heavy (non-hydrogen) atoms. The number of nitrogens with two attached hydrogens (primary N) is 1. The van der Waals surface area contributed by atoms with Crippen LogP contribution in [0.3, 0.4) is 0 Å². The van der Waals surface area contributed by atoms with Gasteiger partial charge in [-0.25, -0.2) is 9.97 Å². The molecule has 2 aromatic rings. The molecule has 0 bridgehead atoms. The Kier molecular flexibility index (Phi) is 4.75. The van der Waals surface area contributed by atoms with Gasteiger partial charge in [-0.15, -0.1) is 0 Å². The first kappa shape index (κ1) is 16.1. The van der Waals surface area contributed by atoms with E-state index in [2.05, 4.69) is 33.9 Å². The predicted octanol–water partition coefficient (Wildman–Crippen LogP) is 1.36. The monoisotopic (exact) mass is 315 g/mol. The molecule has 0 radical (unpaired) electrons. The van der Waals surface area contributed by atoms with Gasteiger partial charge in [0.15, 0.2) is 0 Å². The lowest BCUT2D eigenvalue weighted by Gasteiger charge is -2.25. The molecular weight excluding hydrogens is 290 g/mol. The van der Waals surface area contributed by atoms with Crippen LogP contribution in [-0.4, -0.2) is 66.2 Å². The number of benzene rings is 1. The molecule has 1 saturated heterocycles. The zero-order valence-corrected chi connectivity index (χ0v) is 14.1. The van der Waals surface area contributed by atoms with E-state index in [1.807, 2.05) is 24.3 Å². The molecule has 0 saturated carbocycles. The van der Waals surface area contributed by atoms with Crippen LogP contribution in [0.25, 0.3) is 10.9 Å². The van der Waals surface area contributed by atoms with Gasteiger partial charge in [0.2, 0.25) is 0 Å². The molecule has 6 nitrogen and oxygen atoms in total. The van der Waals surface area contributed by atoms with Crippen molar-refractivity contribution in [1.82, 2.24) is 19.8 Å². The van der Waals surface area contributed by atoms with Crippen molar-refractivity contribution in [2.24, 2.45) is 0 Å². The Morgan fingerprint density at radius 2 is 2.13 bits per heavy atom. The van der Waals surface area contributed by atoms with Crippen molar-refractivity contribution in [2.45, 2.75) is 25.1 Å². The molecular formula is C17H25N5O. The lowest BCUT2D eigenvalue weighted by atomic mass is 10.2. The van der Waals surface area contributed by atoms with Gasteiger partial charge in [0.1, 0.15) is 11.6 Å². The summed E-state index contributed by atoms with van der Waals surface area (Å²) in [5.74, 6) is 1.32. The Hall–Kier alpha value is -1.76. The standard InChI is InChI=1S/C17H25N5O/c1-21(9-12-8-13(23-3)10-22(12)2)11-16-19-15-7-5-4-6-14(15)17(18)20-16/h4-7,12-13H,8-11H2,1-3H3,(H2,18,19,20)/t12-,13-/m0/s1. The number of likely N-dealkylation sites (tertiary alicyclic amines) is 1. The number of nitrogen functional groups attached to an aromatic ring is 1. The third-order valence-electron chi connectivity index (χ3n) is 4.60. The van der Waals surface area contributed by atoms with Crippen molar-refractivity contribution >= 4 is 16.7 Å². The van der Waals surface area contributed by atoms with Crippen LogP contribution in [-0.2, 0) is 11.3 Å². The second-order valence-corrected chi connectivity index (χ2v) is 6.43. The van der Waals surface area contributed by atoms with Gasteiger partial charge >= 0.3 is 0 Å². The predicted molar refractivity (Wildman–Crippen MR) is 92.1 cm³/mol. The Balaban J connectivity index is 1.67. The zero-order chi connectivity index (χ0) is 16.4. The summed E-state index contributed by atoms with van der Waals surface area (Å²) < 4.78 is 5.47. The first-order valence-electron chi connectivity index (χ1n) is 7.99. The van der Waals surface area contributed by atoms with Crippen molar-refractivity contribution < 1.29 is 4.74 Å². The molecule has 1 aliphatic rings. The number of hydrogen-bond donors (Lipinski definition) is 1. The van der Waals surface area contributed by atoms with E-state index in [0.717, 1.165) is 36.2 Å². The molecule has 3 rings (SSSR count). The molecule has 6 heteroatoms. The highest BCUT2D eigenvalue weighted by atomic mass is 16.5. The van der Waals surface area contributed by atoms with Crippen LogP contribution in [0.5, 0.6) is 0 Å². The summed E-state index contributed by atoms with van der Waals surface area (Å²) in [4.78, 5) is 13.7. The minimum absolute atomic E-state index is 0.339. The van der Waals surface area contributed by atoms with E-state index in [1.165, 1.54) is 0 Å². The average molecular weight is 315 g/mol. The van der Waals surface area contributed by atoms with E-state index in [0.29, 0.717) is 24.5 Å². The SMILES string of the molecule is CO[C@H]1C[C@@H](CN(C)Cc2nc(N)c3ccccc3n2)N(C)C1. The number of fused-ring (bicyclic) bond motifs is 1. The van der Waals surface area contributed by atoms with E-state index in [1.54, 1.807) is 7.11 Å². The molecule has 1 fully saturated rings. The normalized spacial score (nSPS) is 22.3. The largest absolute Gasteiger partial charge is 0.383 e. The van der Waals surface area contributed by atoms with Crippen LogP contribution in [0.1, 0.15) is 12.2 Å². The Labute approximate surface area is 137 Å². The highest BCUT2D eigenvalue weighted by Crippen LogP contribution is 2.20. The number of aromatic nitrogens is 2. The minimum Gasteiger partial charge on any atom is -0.383 e. The summed E-state index contributed by atoms with van der Waals surface area (Å²) >= 11 is 0. The van der Waals surface area contributed by atoms with Crippen LogP contribution < -0.4 is 5.73 Å². The summed E-state index contributed by atoms with van der Waals surface area (Å²) in [7, 11) is 6.04. The molecule has 1 aliphatic heterocycles. The maximum atomic E-state index is 6.06. The molecule has 0 spiro atoms. The van der Waals surface area contributed by atoms with Crippen molar-refractivity contribution in [2.75, 3.05) is 40.0 Å². The highest BCUT2D eigenvalue weighted by molar-refractivity contribution is 5.87. The van der Waals surface area contributed by atoms with E-state index in [-0.39, 0.29) is 0 Å². The van der Waals surface area contributed by atoms with Gasteiger partial charge in [-0.1, -0.05) is 12.1 Å². The van der Waals surface area contributed by atoms with Crippen molar-refractivity contribution in [1.29, 1.82) is 0 Å². The first-order valence-corrected chi connectivity index (χ1v) is 7.99. The number of anilines is 1. The van der Waals surface area contributed by atoms with Crippen LogP contribution in [0.15, 0.2) is 24.3 Å². The van der Waals surface area contributed by atoms with Gasteiger partial charge < -0.3 is 10.5 Å². The lowest BCUT2D eigenvalue weighted by Crippen LogP contribution is -2.36. The zero-order valence-electron chi connectivity index (χ0n) is 14.1. The Bertz CT molecular complexity index is 677. The number of rotatable bonds is 5. The van der Waals surface area contributed by atoms with Gasteiger partial charge in [0, 0.05) is 31.6 Å². The third kappa shape index (κ3) is 3.60. The summed E-state index contributed by atoms with van der Waals surface area (Å²) in [6.45, 7) is 2.65. The van der Waals surface area contributed by atoms with E-state index in [4.69, 9.17) is 10.5 Å². The molecule has 1 aromatic heterocycles. The smallest absolute Gasteiger partial charge is 0.145 e. The highest BCUT2D eigenvalue weighted by Gasteiger charge is 2.30. The van der Waals surface area contributed by atoms with Gasteiger partial charge in [-0.3, -0.25) is 9.80 Å². The van der Waals surface area contributed by atoms with Crippen LogP contribution >= 0.6 is 0 Å². The molecule has 2 N–H and O–H groups in total. The molecule has 0 unspecified atom stereocenters. The second-order valence-electron chi connectivity index (χ2n) is 6.43. The van der Waals surface area contributed by atoms with E-state index in [9.17, 15) is 0 Å². The van der Waals surface area contributed by atoms with Crippen molar-refractivity contribution in [3.05, 3.63) is 30.1 Å². The number of likely N-dealkylation sites (N-methyl/N-ethyl adjacent to an activating group) is 2. The maximum Gasteiger partial charge on any atom is 0.145 e. The van der Waals surface area contributed by atoms with Crippen molar-refractivity contribution in [3.63, 3.8) is 0 Å². The van der Waals surface area contributed by atoms with E-state index >= 15 is 0 Å². The molecule has 124 valence electrons. The van der Waals surface area contributed by atoms with Gasteiger partial charge in [0.25, 0.3) is 0 Å². The van der Waals surface area contributed by atoms with Crippen LogP contribution in [0.2, 0.25) is 0 Å². The second kappa shape index (κ2) is 6.78. The topological polar surface area (TPSA) is 67.5 Å². The number of hydrogen-bond acceptors (Lipinski definition) is 6. The fourth-order valence-electron chi connectivity index (χ4n) is 3.30. The summed E-state index contributed by atoms with van der Waals surface area (Å²) in [5.41, 5.74) is 6.96. The fraction of sp³-hybridized carbons (Fsp3) is 0.529. The summed E-state index contributed by atoms with van der Waals surface area (Å²) in [6.07, 6.45) is 1.41. The maximum absolute atomic E-state index is 6.06. The van der Waals surface area contributed by atoms with E-state index < -0.39 is 0 Å². The minimum atomic E-state index is 0.339. The number of nitrogens with zero attached hydrogens (tertiary/aromatic N) is 4. The first-order chi connectivity index (χ1) is 11.1. The number of para-hydroxylation sites is 1. The summed E-state index contributed by atoms with van der Waals surface area (Å²) in [6, 6.07) is 8.36. The molecule has 2 atom stereocenters. The summed E-state index contributed by atoms with van der Waals surface area (Å²) in [5, 5.41) is 0.914. The lowest BCUT2D eigenvalue weighted by molar-refractivity contribution is 0.111. The molecule has 0 aliphatic carbocycles. The number of methoxy groups -OCH3 is 1. The third-order valence-corrected chi connectivity index (χ3v) is 4.60. The fourth-order valence-corrected chi connectivity index (χ4v) is 3.30.